The van der Waals surface area contributed by atoms with Crippen LogP contribution in [0.1, 0.15) is 29.6 Å². The van der Waals surface area contributed by atoms with Crippen molar-refractivity contribution in [2.45, 2.75) is 19.3 Å². The first-order chi connectivity index (χ1) is 9.33. The number of aldehydes is 1. The number of carbonyl (C=O) groups is 1. The Morgan fingerprint density at radius 2 is 2.05 bits per heavy atom. The predicted octanol–water partition coefficient (Wildman–Crippen LogP) is 2.37. The molecule has 0 unspecified atom stereocenters. The van der Waals surface area contributed by atoms with Crippen LogP contribution in [-0.2, 0) is 0 Å². The van der Waals surface area contributed by atoms with E-state index < -0.39 is 0 Å². The van der Waals surface area contributed by atoms with Crippen LogP contribution in [0.15, 0.2) is 18.2 Å². The van der Waals surface area contributed by atoms with Crippen molar-refractivity contribution in [1.82, 2.24) is 4.90 Å². The lowest BCUT2D eigenvalue weighted by Gasteiger charge is -2.26. The van der Waals surface area contributed by atoms with E-state index >= 15 is 0 Å². The van der Waals surface area contributed by atoms with Crippen LogP contribution in [0.5, 0.6) is 11.5 Å². The Hall–Kier alpha value is -1.55. The molecule has 0 radical (unpaired) electrons. The van der Waals surface area contributed by atoms with Crippen LogP contribution in [0.25, 0.3) is 0 Å². The third-order valence-electron chi connectivity index (χ3n) is 3.46. The number of piperidine rings is 1. The number of methoxy groups -OCH3 is 1. The van der Waals surface area contributed by atoms with E-state index in [-0.39, 0.29) is 0 Å². The van der Waals surface area contributed by atoms with Crippen LogP contribution in [0.2, 0.25) is 0 Å². The van der Waals surface area contributed by atoms with E-state index in [2.05, 4.69) is 4.90 Å². The van der Waals surface area contributed by atoms with E-state index in [1.165, 1.54) is 32.4 Å². The fraction of sp³-hybridized carbons (Fsp3) is 0.533. The number of hydrogen-bond donors (Lipinski definition) is 0. The highest BCUT2D eigenvalue weighted by atomic mass is 16.5. The number of carbonyl (C=O) groups excluding carboxylic acids is 1. The molecule has 4 heteroatoms. The minimum Gasteiger partial charge on any atom is -0.496 e. The van der Waals surface area contributed by atoms with Crippen molar-refractivity contribution in [3.63, 3.8) is 0 Å². The van der Waals surface area contributed by atoms with Crippen molar-refractivity contribution in [3.8, 4) is 11.5 Å². The standard InChI is InChI=1S/C15H21NO3/c1-18-15-11-14(6-5-13(15)12-17)19-10-9-16-7-3-2-4-8-16/h5-6,11-12H,2-4,7-10H2,1H3. The summed E-state index contributed by atoms with van der Waals surface area (Å²) in [5, 5.41) is 0. The topological polar surface area (TPSA) is 38.8 Å². The first kappa shape index (κ1) is 13.9. The summed E-state index contributed by atoms with van der Waals surface area (Å²) < 4.78 is 10.9. The Balaban J connectivity index is 1.83. The maximum atomic E-state index is 10.8. The number of nitrogens with zero attached hydrogens (tertiary/aromatic N) is 1. The molecule has 2 rings (SSSR count). The van der Waals surface area contributed by atoms with E-state index in [0.717, 1.165) is 18.6 Å². The van der Waals surface area contributed by atoms with Crippen LogP contribution >= 0.6 is 0 Å². The van der Waals surface area contributed by atoms with Gasteiger partial charge in [0.2, 0.25) is 0 Å². The zero-order valence-corrected chi connectivity index (χ0v) is 11.4. The van der Waals surface area contributed by atoms with Gasteiger partial charge in [-0.1, -0.05) is 6.42 Å². The fourth-order valence-corrected chi connectivity index (χ4v) is 2.35. The number of hydrogen-bond acceptors (Lipinski definition) is 4. The monoisotopic (exact) mass is 263 g/mol. The second kappa shape index (κ2) is 7.14. The van der Waals surface area contributed by atoms with Gasteiger partial charge in [-0.2, -0.15) is 0 Å². The molecule has 1 heterocycles. The predicted molar refractivity (Wildman–Crippen MR) is 74.2 cm³/mol. The molecule has 0 aromatic heterocycles. The third kappa shape index (κ3) is 3.96. The van der Waals surface area contributed by atoms with Crippen LogP contribution in [0.3, 0.4) is 0 Å². The highest BCUT2D eigenvalue weighted by molar-refractivity contribution is 5.79. The van der Waals surface area contributed by atoms with Gasteiger partial charge < -0.3 is 9.47 Å². The Bertz CT molecular complexity index is 414. The first-order valence-electron chi connectivity index (χ1n) is 6.82. The van der Waals surface area contributed by atoms with Gasteiger partial charge >= 0.3 is 0 Å². The number of likely N-dealkylation sites (tertiary alicyclic amines) is 1. The molecule has 1 aliphatic rings. The average molecular weight is 263 g/mol. The summed E-state index contributed by atoms with van der Waals surface area (Å²) in [5.74, 6) is 1.31. The molecular formula is C15H21NO3. The maximum absolute atomic E-state index is 10.8. The molecule has 1 fully saturated rings. The molecule has 1 saturated heterocycles. The summed E-state index contributed by atoms with van der Waals surface area (Å²) in [6.45, 7) is 3.98. The first-order valence-corrected chi connectivity index (χ1v) is 6.82. The molecule has 4 nitrogen and oxygen atoms in total. The van der Waals surface area contributed by atoms with E-state index in [0.29, 0.717) is 17.9 Å². The SMILES string of the molecule is COc1cc(OCCN2CCCCC2)ccc1C=O. The highest BCUT2D eigenvalue weighted by Gasteiger charge is 2.10. The van der Waals surface area contributed by atoms with Crippen LogP contribution in [0.4, 0.5) is 0 Å². The summed E-state index contributed by atoms with van der Waals surface area (Å²) in [7, 11) is 1.56. The summed E-state index contributed by atoms with van der Waals surface area (Å²) in [6, 6.07) is 5.30. The molecule has 1 aromatic carbocycles. The zero-order valence-electron chi connectivity index (χ0n) is 11.4. The Morgan fingerprint density at radius 1 is 1.26 bits per heavy atom. The summed E-state index contributed by atoms with van der Waals surface area (Å²) in [6.07, 6.45) is 4.72. The minimum atomic E-state index is 0.547. The van der Waals surface area contributed by atoms with Crippen molar-refractivity contribution in [3.05, 3.63) is 23.8 Å². The molecule has 0 bridgehead atoms. The fourth-order valence-electron chi connectivity index (χ4n) is 2.35. The Labute approximate surface area is 114 Å². The lowest BCUT2D eigenvalue weighted by molar-refractivity contribution is 0.112. The van der Waals surface area contributed by atoms with E-state index in [4.69, 9.17) is 9.47 Å². The van der Waals surface area contributed by atoms with E-state index in [1.54, 1.807) is 19.2 Å². The maximum Gasteiger partial charge on any atom is 0.153 e. The van der Waals surface area contributed by atoms with Gasteiger partial charge in [0.05, 0.1) is 12.7 Å². The van der Waals surface area contributed by atoms with Crippen molar-refractivity contribution < 1.29 is 14.3 Å². The molecule has 0 N–H and O–H groups in total. The Morgan fingerprint density at radius 3 is 2.74 bits per heavy atom. The lowest BCUT2D eigenvalue weighted by atomic mass is 10.1. The molecular weight excluding hydrogens is 242 g/mol. The normalized spacial score (nSPS) is 16.1. The van der Waals surface area contributed by atoms with Crippen LogP contribution < -0.4 is 9.47 Å². The van der Waals surface area contributed by atoms with Crippen LogP contribution in [-0.4, -0.2) is 44.5 Å². The largest absolute Gasteiger partial charge is 0.496 e. The van der Waals surface area contributed by atoms with Gasteiger partial charge in [0.1, 0.15) is 18.1 Å². The zero-order chi connectivity index (χ0) is 13.5. The molecule has 1 aliphatic heterocycles. The van der Waals surface area contributed by atoms with Gasteiger partial charge in [-0.15, -0.1) is 0 Å². The van der Waals surface area contributed by atoms with Crippen molar-refractivity contribution in [1.29, 1.82) is 0 Å². The lowest BCUT2D eigenvalue weighted by Crippen LogP contribution is -2.33. The van der Waals surface area contributed by atoms with Gasteiger partial charge in [0, 0.05) is 12.6 Å². The average Bonchev–Trinajstić information content (AvgIpc) is 2.48. The second-order valence-electron chi connectivity index (χ2n) is 4.77. The minimum absolute atomic E-state index is 0.547. The van der Waals surface area contributed by atoms with Gasteiger partial charge in [-0.05, 0) is 38.1 Å². The van der Waals surface area contributed by atoms with Crippen molar-refractivity contribution in [2.24, 2.45) is 0 Å². The van der Waals surface area contributed by atoms with Gasteiger partial charge in [0.25, 0.3) is 0 Å². The van der Waals surface area contributed by atoms with Crippen LogP contribution in [0, 0.1) is 0 Å². The molecule has 0 saturated carbocycles. The number of rotatable bonds is 6. The highest BCUT2D eigenvalue weighted by Crippen LogP contribution is 2.23. The van der Waals surface area contributed by atoms with Crippen molar-refractivity contribution >= 4 is 6.29 Å². The van der Waals surface area contributed by atoms with Gasteiger partial charge in [-0.3, -0.25) is 9.69 Å². The van der Waals surface area contributed by atoms with Gasteiger partial charge in [0.15, 0.2) is 6.29 Å². The summed E-state index contributed by atoms with van der Waals surface area (Å²) >= 11 is 0. The molecule has 0 aliphatic carbocycles. The molecule has 1 aromatic rings. The number of ether oxygens (including phenoxy) is 2. The van der Waals surface area contributed by atoms with E-state index in [1.807, 2.05) is 6.07 Å². The molecule has 0 spiro atoms. The number of benzene rings is 1. The second-order valence-corrected chi connectivity index (χ2v) is 4.77. The quantitative estimate of drug-likeness (QED) is 0.739. The third-order valence-corrected chi connectivity index (χ3v) is 3.46. The molecule has 0 atom stereocenters. The summed E-state index contributed by atoms with van der Waals surface area (Å²) in [5.41, 5.74) is 0.547. The van der Waals surface area contributed by atoms with Crippen molar-refractivity contribution in [2.75, 3.05) is 33.4 Å². The molecule has 104 valence electrons. The molecule has 0 amide bonds. The van der Waals surface area contributed by atoms with E-state index in [9.17, 15) is 4.79 Å². The Kier molecular flexibility index (Phi) is 5.21. The summed E-state index contributed by atoms with van der Waals surface area (Å²) in [4.78, 5) is 13.2. The molecule has 19 heavy (non-hydrogen) atoms. The smallest absolute Gasteiger partial charge is 0.153 e. The van der Waals surface area contributed by atoms with Gasteiger partial charge in [-0.25, -0.2) is 0 Å².